The predicted octanol–water partition coefficient (Wildman–Crippen LogP) is 2.44. The molecule has 2 aromatic carbocycles. The first kappa shape index (κ1) is 39.1. The number of hydrogen-bond acceptors (Lipinski definition) is 11. The van der Waals surface area contributed by atoms with Gasteiger partial charge in [0, 0.05) is 48.4 Å². The van der Waals surface area contributed by atoms with Crippen LogP contribution in [0.5, 0.6) is 5.75 Å². The van der Waals surface area contributed by atoms with Crippen molar-refractivity contribution in [3.63, 3.8) is 0 Å². The van der Waals surface area contributed by atoms with Crippen LogP contribution in [0.15, 0.2) is 61.2 Å². The molecule has 15 nitrogen and oxygen atoms in total. The van der Waals surface area contributed by atoms with Crippen molar-refractivity contribution in [1.82, 2.24) is 20.0 Å². The van der Waals surface area contributed by atoms with Crippen molar-refractivity contribution in [2.45, 2.75) is 50.9 Å². The van der Waals surface area contributed by atoms with Crippen LogP contribution in [0.3, 0.4) is 0 Å². The number of likely N-dealkylation sites (tertiary alicyclic amines) is 3. The molecule has 0 bridgehead atoms. The summed E-state index contributed by atoms with van der Waals surface area (Å²) in [6, 6.07) is 10.7. The largest absolute Gasteiger partial charge is 0.491 e. The molecule has 0 unspecified atom stereocenters. The molecule has 284 valence electrons. The van der Waals surface area contributed by atoms with Gasteiger partial charge in [-0.25, -0.2) is 4.79 Å². The molecular weight excluding hydrogens is 712 g/mol. The van der Waals surface area contributed by atoms with Crippen molar-refractivity contribution in [2.24, 2.45) is 5.41 Å². The molecule has 3 heterocycles. The molecule has 3 saturated heterocycles. The van der Waals surface area contributed by atoms with Crippen molar-refractivity contribution in [2.75, 3.05) is 52.6 Å². The van der Waals surface area contributed by atoms with E-state index in [2.05, 4.69) is 11.9 Å². The quantitative estimate of drug-likeness (QED) is 0.133. The zero-order valence-corrected chi connectivity index (χ0v) is 30.3. The van der Waals surface area contributed by atoms with E-state index in [0.717, 1.165) is 0 Å². The number of nitrogens with one attached hydrogen (secondary N) is 1. The lowest BCUT2D eigenvalue weighted by molar-refractivity contribution is -0.188. The van der Waals surface area contributed by atoms with Crippen LogP contribution in [0.2, 0.25) is 5.02 Å². The first-order valence-corrected chi connectivity index (χ1v) is 17.8. The smallest absolute Gasteiger partial charge is 0.410 e. The van der Waals surface area contributed by atoms with Crippen LogP contribution in [0.25, 0.3) is 0 Å². The van der Waals surface area contributed by atoms with Crippen LogP contribution < -0.4 is 10.1 Å². The molecule has 3 aliphatic heterocycles. The van der Waals surface area contributed by atoms with E-state index in [-0.39, 0.29) is 76.5 Å². The van der Waals surface area contributed by atoms with E-state index in [1.165, 1.54) is 32.9 Å². The predicted molar refractivity (Wildman–Crippen MR) is 189 cm³/mol. The molecule has 0 saturated carbocycles. The molecule has 3 aliphatic rings. The second-order valence-electron chi connectivity index (χ2n) is 12.9. The highest BCUT2D eigenvalue weighted by Gasteiger charge is 2.61. The maximum absolute atomic E-state index is 13.6. The molecule has 0 aliphatic carbocycles. The first-order valence-electron chi connectivity index (χ1n) is 17.4. The van der Waals surface area contributed by atoms with Gasteiger partial charge >= 0.3 is 18.0 Å². The number of aliphatic hydroxyl groups excluding tert-OH is 1. The lowest BCUT2D eigenvalue weighted by atomic mass is 9.79. The highest BCUT2D eigenvalue weighted by atomic mass is 35.5. The Morgan fingerprint density at radius 3 is 2.26 bits per heavy atom. The lowest BCUT2D eigenvalue weighted by Gasteiger charge is -2.47. The fourth-order valence-corrected chi connectivity index (χ4v) is 6.89. The Hall–Kier alpha value is -5.15. The van der Waals surface area contributed by atoms with Crippen LogP contribution in [0.4, 0.5) is 4.79 Å². The van der Waals surface area contributed by atoms with Gasteiger partial charge in [-0.1, -0.05) is 30.3 Å². The normalized spacial score (nSPS) is 21.6. The van der Waals surface area contributed by atoms with Crippen LogP contribution in [0.1, 0.15) is 47.4 Å². The minimum atomic E-state index is -1.66. The summed E-state index contributed by atoms with van der Waals surface area (Å²) in [6.07, 6.45) is 0.264. The first-order chi connectivity index (χ1) is 25.4. The van der Waals surface area contributed by atoms with Crippen molar-refractivity contribution in [3.05, 3.63) is 77.3 Å². The number of carbonyl (C=O) groups excluding carboxylic acids is 6. The Morgan fingerprint density at radius 1 is 0.962 bits per heavy atom. The average molecular weight is 755 g/mol. The molecule has 53 heavy (non-hydrogen) atoms. The van der Waals surface area contributed by atoms with E-state index in [9.17, 15) is 33.9 Å². The SMILES string of the molecule is C=CCOC(=O)N1C[C@H](NC(=O)c2cccc(Cl)c2)C[C@H]1COc1ccc(C(=O)N2CC[C@H](O)[C@H]2C(=O)N2CC(C(=O)OCC)(C(=O)OCC)C2)cc1. The Labute approximate surface area is 311 Å². The standard InChI is InChI=1S/C37H43ClN4O11/c1-4-16-52-36(49)42-19-26(39-31(44)24-8-7-9-25(38)17-24)18-27(42)20-53-28-12-10-23(11-13-28)32(45)41-15-14-29(43)30(41)33(46)40-21-37(22-40,34(47)50-5-2)35(48)51-6-3/h4,7-13,17,26-27,29-30,43H,1,5-6,14-16,18-22H2,2-3H3,(H,39,44)/t26-,27+,29+,30+/m1/s1. The Balaban J connectivity index is 1.21. The van der Waals surface area contributed by atoms with Crippen LogP contribution in [-0.2, 0) is 28.6 Å². The molecule has 4 atom stereocenters. The second-order valence-corrected chi connectivity index (χ2v) is 13.4. The number of halogens is 1. The third kappa shape index (κ3) is 8.57. The number of aliphatic hydroxyl groups is 1. The molecule has 3 fully saturated rings. The number of rotatable bonds is 13. The summed E-state index contributed by atoms with van der Waals surface area (Å²) < 4.78 is 21.4. The van der Waals surface area contributed by atoms with Gasteiger partial charge in [-0.3, -0.25) is 28.9 Å². The molecule has 5 rings (SSSR count). The number of nitrogens with zero attached hydrogens (tertiary/aromatic N) is 3. The third-order valence-electron chi connectivity index (χ3n) is 9.38. The number of ether oxygens (including phenoxy) is 4. The Kier molecular flexibility index (Phi) is 12.6. The fraction of sp³-hybridized carbons (Fsp3) is 0.459. The molecule has 0 aromatic heterocycles. The number of amides is 4. The zero-order chi connectivity index (χ0) is 38.3. The summed E-state index contributed by atoms with van der Waals surface area (Å²) in [5.74, 6) is -2.62. The van der Waals surface area contributed by atoms with Gasteiger partial charge in [0.1, 0.15) is 25.0 Å². The molecule has 4 amide bonds. The van der Waals surface area contributed by atoms with Crippen LogP contribution in [0, 0.1) is 5.41 Å². The average Bonchev–Trinajstić information content (AvgIpc) is 3.72. The highest BCUT2D eigenvalue weighted by molar-refractivity contribution is 6.31. The van der Waals surface area contributed by atoms with Gasteiger partial charge in [0.05, 0.1) is 25.4 Å². The van der Waals surface area contributed by atoms with Gasteiger partial charge in [-0.15, -0.1) is 0 Å². The van der Waals surface area contributed by atoms with Crippen molar-refractivity contribution in [3.8, 4) is 5.75 Å². The van der Waals surface area contributed by atoms with E-state index in [0.29, 0.717) is 22.8 Å². The second kappa shape index (κ2) is 17.1. The monoisotopic (exact) mass is 754 g/mol. The van der Waals surface area contributed by atoms with Gasteiger partial charge in [-0.2, -0.15) is 0 Å². The number of carbonyl (C=O) groups is 6. The van der Waals surface area contributed by atoms with E-state index < -0.39 is 53.4 Å². The molecule has 16 heteroatoms. The van der Waals surface area contributed by atoms with E-state index in [4.69, 9.17) is 30.5 Å². The molecule has 2 N–H and O–H groups in total. The van der Waals surface area contributed by atoms with Crippen LogP contribution in [-0.4, -0.2) is 132 Å². The van der Waals surface area contributed by atoms with E-state index in [1.54, 1.807) is 50.2 Å². The Morgan fingerprint density at radius 2 is 1.64 bits per heavy atom. The summed E-state index contributed by atoms with van der Waals surface area (Å²) in [5, 5.41) is 14.1. The van der Waals surface area contributed by atoms with Crippen molar-refractivity contribution < 1.29 is 52.8 Å². The number of hydrogen-bond donors (Lipinski definition) is 2. The lowest BCUT2D eigenvalue weighted by Crippen LogP contribution is -2.69. The van der Waals surface area contributed by atoms with Gasteiger partial charge in [0.25, 0.3) is 11.8 Å². The summed E-state index contributed by atoms with van der Waals surface area (Å²) >= 11 is 6.04. The maximum Gasteiger partial charge on any atom is 0.410 e. The summed E-state index contributed by atoms with van der Waals surface area (Å²) in [7, 11) is 0. The summed E-state index contributed by atoms with van der Waals surface area (Å²) in [5.41, 5.74) is -1.04. The zero-order valence-electron chi connectivity index (χ0n) is 29.5. The third-order valence-corrected chi connectivity index (χ3v) is 9.62. The molecule has 0 spiro atoms. The van der Waals surface area contributed by atoms with Crippen molar-refractivity contribution in [1.29, 1.82) is 0 Å². The fourth-order valence-electron chi connectivity index (χ4n) is 6.70. The molecule has 2 aromatic rings. The number of benzene rings is 2. The van der Waals surface area contributed by atoms with Gasteiger partial charge in [0.2, 0.25) is 5.91 Å². The molecular formula is C37H43ClN4O11. The number of esters is 2. The minimum absolute atomic E-state index is 0.0123. The van der Waals surface area contributed by atoms with E-state index in [1.807, 2.05) is 0 Å². The highest BCUT2D eigenvalue weighted by Crippen LogP contribution is 2.36. The van der Waals surface area contributed by atoms with Gasteiger partial charge in [0.15, 0.2) is 5.41 Å². The van der Waals surface area contributed by atoms with Crippen molar-refractivity contribution >= 4 is 47.4 Å². The van der Waals surface area contributed by atoms with Crippen LogP contribution >= 0.6 is 11.6 Å². The summed E-state index contributed by atoms with van der Waals surface area (Å²) in [6.45, 7) is 6.64. The van der Waals surface area contributed by atoms with Gasteiger partial charge < -0.3 is 39.2 Å². The van der Waals surface area contributed by atoms with Gasteiger partial charge in [-0.05, 0) is 69.2 Å². The molecule has 0 radical (unpaired) electrons. The minimum Gasteiger partial charge on any atom is -0.491 e. The Bertz CT molecular complexity index is 1690. The van der Waals surface area contributed by atoms with E-state index >= 15 is 0 Å². The topological polar surface area (TPSA) is 181 Å². The maximum atomic E-state index is 13.6. The summed E-state index contributed by atoms with van der Waals surface area (Å²) in [4.78, 5) is 82.3.